The van der Waals surface area contributed by atoms with Crippen molar-refractivity contribution in [2.24, 2.45) is 17.8 Å². The Hall–Kier alpha value is -3.02. The molecular weight excluding hydrogens is 961 g/mol. The normalized spacial score (nSPS) is 41.0. The number of β-amino-alcohol motifs (C(OH)–C–C–N with tert-alkyl or cyclic N) is 1. The molecular formula is C54H88N4O14S. The van der Waals surface area contributed by atoms with Crippen LogP contribution in [-0.2, 0) is 43.4 Å². The Morgan fingerprint density at radius 1 is 0.877 bits per heavy atom. The number of hydrogen-bond donors (Lipinski definition) is 6. The first-order chi connectivity index (χ1) is 34.3. The van der Waals surface area contributed by atoms with Gasteiger partial charge in [-0.2, -0.15) is 12.7 Å². The molecule has 0 radical (unpaired) electrons. The summed E-state index contributed by atoms with van der Waals surface area (Å²) in [6.45, 7) is 19.7. The molecule has 0 saturated carbocycles. The predicted molar refractivity (Wildman–Crippen MR) is 277 cm³/mol. The molecule has 6 rings (SSSR count). The number of hydrogen-bond acceptors (Lipinski definition) is 16. The fourth-order valence-corrected chi connectivity index (χ4v) is 12.8. The third-order valence-corrected chi connectivity index (χ3v) is 17.8. The predicted octanol–water partition coefficient (Wildman–Crippen LogP) is 5.23. The summed E-state index contributed by atoms with van der Waals surface area (Å²) in [6.07, 6.45) is -6.06. The number of nitrogens with one attached hydrogen (secondary N) is 2. The number of para-hydroxylation sites is 2. The van der Waals surface area contributed by atoms with E-state index in [1.165, 1.54) is 18.3 Å². The summed E-state index contributed by atoms with van der Waals surface area (Å²) in [5.41, 5.74) is -5.88. The van der Waals surface area contributed by atoms with E-state index in [1.807, 2.05) is 26.8 Å². The van der Waals surface area contributed by atoms with Gasteiger partial charge in [0.2, 0.25) is 0 Å². The molecule has 4 aliphatic heterocycles. The molecule has 73 heavy (non-hydrogen) atoms. The molecule has 0 bridgehead atoms. The average Bonchev–Trinajstić information content (AvgIpc) is 3.35. The van der Waals surface area contributed by atoms with E-state index in [2.05, 4.69) is 14.9 Å². The molecule has 0 aromatic heterocycles. The van der Waals surface area contributed by atoms with Crippen molar-refractivity contribution in [2.45, 2.75) is 204 Å². The van der Waals surface area contributed by atoms with Crippen LogP contribution < -0.4 is 14.8 Å². The maximum atomic E-state index is 14.8. The zero-order valence-corrected chi connectivity index (χ0v) is 46.1. The Morgan fingerprint density at radius 2 is 1.51 bits per heavy atom. The minimum atomic E-state index is -4.21. The number of aliphatic hydroxyl groups is 4. The van der Waals surface area contributed by atoms with Crippen LogP contribution in [0, 0.1) is 17.8 Å². The summed E-state index contributed by atoms with van der Waals surface area (Å²) in [7, 11) is -1.17. The van der Waals surface area contributed by atoms with Crippen molar-refractivity contribution >= 4 is 21.9 Å². The Morgan fingerprint density at radius 3 is 2.12 bits per heavy atom. The molecule has 2 aromatic carbocycles. The monoisotopic (exact) mass is 1050 g/mol. The van der Waals surface area contributed by atoms with Crippen molar-refractivity contribution in [3.8, 4) is 5.75 Å². The first kappa shape index (κ1) is 59.2. The maximum Gasteiger partial charge on any atom is 0.311 e. The molecule has 0 unspecified atom stereocenters. The van der Waals surface area contributed by atoms with Crippen LogP contribution in [0.4, 0.5) is 5.69 Å². The number of carbonyl (C=O) groups is 1. The number of esters is 1. The molecule has 0 amide bonds. The van der Waals surface area contributed by atoms with Gasteiger partial charge in [-0.05, 0) is 130 Å². The molecule has 18 atom stereocenters. The van der Waals surface area contributed by atoms with Crippen LogP contribution in [0.5, 0.6) is 5.75 Å². The van der Waals surface area contributed by atoms with Crippen LogP contribution in [0.2, 0.25) is 0 Å². The first-order valence-electron chi connectivity index (χ1n) is 26.5. The number of rotatable bonds is 14. The number of likely N-dealkylation sites (N-methyl/N-ethyl adjacent to an activating group) is 1. The molecule has 2 aromatic rings. The van der Waals surface area contributed by atoms with Crippen molar-refractivity contribution in [3.05, 3.63) is 60.7 Å². The summed E-state index contributed by atoms with van der Waals surface area (Å²) >= 11 is 0. The topological polar surface area (TPSA) is 227 Å². The van der Waals surface area contributed by atoms with Gasteiger partial charge >= 0.3 is 16.2 Å². The third kappa shape index (κ3) is 13.8. The Bertz CT molecular complexity index is 2160. The van der Waals surface area contributed by atoms with Crippen LogP contribution in [0.1, 0.15) is 114 Å². The minimum absolute atomic E-state index is 0.0555. The second-order valence-corrected chi connectivity index (χ2v) is 24.0. The van der Waals surface area contributed by atoms with Crippen LogP contribution in [0.25, 0.3) is 0 Å². The quantitative estimate of drug-likeness (QED) is 0.133. The molecule has 4 heterocycles. The number of aliphatic hydroxyl groups excluding tert-OH is 1. The molecule has 0 aliphatic carbocycles. The largest absolute Gasteiger partial charge is 0.483 e. The van der Waals surface area contributed by atoms with Crippen molar-refractivity contribution in [1.29, 1.82) is 0 Å². The Kier molecular flexibility index (Phi) is 19.9. The van der Waals surface area contributed by atoms with E-state index in [1.54, 1.807) is 103 Å². The highest BCUT2D eigenvalue weighted by molar-refractivity contribution is 7.90. The van der Waals surface area contributed by atoms with Crippen molar-refractivity contribution in [2.75, 3.05) is 45.1 Å². The van der Waals surface area contributed by atoms with Gasteiger partial charge in [0.1, 0.15) is 34.8 Å². The second-order valence-electron chi connectivity index (χ2n) is 22.3. The van der Waals surface area contributed by atoms with E-state index in [-0.39, 0.29) is 31.6 Å². The van der Waals surface area contributed by atoms with Gasteiger partial charge in [-0.1, -0.05) is 63.6 Å². The van der Waals surface area contributed by atoms with Gasteiger partial charge < -0.3 is 63.8 Å². The number of benzene rings is 2. The highest BCUT2D eigenvalue weighted by Gasteiger charge is 2.59. The number of piperidine rings is 1. The van der Waals surface area contributed by atoms with E-state index in [0.717, 1.165) is 32.4 Å². The minimum Gasteiger partial charge on any atom is -0.483 e. The lowest BCUT2D eigenvalue weighted by molar-refractivity contribution is -0.338. The van der Waals surface area contributed by atoms with E-state index in [4.69, 9.17) is 33.2 Å². The maximum absolute atomic E-state index is 14.8. The van der Waals surface area contributed by atoms with E-state index in [9.17, 15) is 33.6 Å². The lowest BCUT2D eigenvalue weighted by Gasteiger charge is -2.55. The highest BCUT2D eigenvalue weighted by atomic mass is 32.2. The van der Waals surface area contributed by atoms with E-state index >= 15 is 0 Å². The number of nitrogens with zero attached hydrogens (tertiary/aromatic N) is 2. The SMILES string of the molecule is CC[C@H]1OC(=O)[C@H](C)[C@@H](O[C@H]2C[C@@](C)(OC)[C@](O)(CN3CCCCC3)[C@H](C)O2)[C@H](C)[C@@H](O[C@H]2O[C@@H](C)C[C@@H](N(C)S(=O)(=O)Nc3ccccc3)[C@@H]2Oc2ccccc2)[C@](C)(O)C[C@@H](C)CN[C@H](C)[C@@H](O)[C@]1(C)O. The van der Waals surface area contributed by atoms with Crippen LogP contribution in [-0.4, -0.2) is 174 Å². The molecule has 4 fully saturated rings. The van der Waals surface area contributed by atoms with Crippen LogP contribution in [0.3, 0.4) is 0 Å². The lowest BCUT2D eigenvalue weighted by atomic mass is 9.74. The molecule has 414 valence electrons. The van der Waals surface area contributed by atoms with Gasteiger partial charge in [0, 0.05) is 44.8 Å². The van der Waals surface area contributed by atoms with Gasteiger partial charge in [0.05, 0.1) is 42.0 Å². The highest BCUT2D eigenvalue weighted by Crippen LogP contribution is 2.44. The molecule has 0 spiro atoms. The molecule has 4 aliphatic rings. The van der Waals surface area contributed by atoms with Crippen molar-refractivity contribution in [3.63, 3.8) is 0 Å². The Labute approximate surface area is 434 Å². The summed E-state index contributed by atoms with van der Waals surface area (Å²) in [4.78, 5) is 17.0. The van der Waals surface area contributed by atoms with Gasteiger partial charge in [-0.15, -0.1) is 0 Å². The average molecular weight is 1050 g/mol. The van der Waals surface area contributed by atoms with E-state index < -0.39 is 118 Å². The Balaban J connectivity index is 1.44. The number of cyclic esters (lactones) is 1. The summed E-state index contributed by atoms with van der Waals surface area (Å²) in [5, 5.41) is 52.5. The molecule has 4 saturated heterocycles. The van der Waals surface area contributed by atoms with Gasteiger partial charge in [0.15, 0.2) is 18.7 Å². The van der Waals surface area contributed by atoms with Crippen molar-refractivity contribution < 1.29 is 66.8 Å². The summed E-state index contributed by atoms with van der Waals surface area (Å²) in [5.74, 6) is -2.63. The summed E-state index contributed by atoms with van der Waals surface area (Å²) < 4.78 is 79.1. The number of ether oxygens (including phenoxy) is 7. The summed E-state index contributed by atoms with van der Waals surface area (Å²) in [6, 6.07) is 16.0. The third-order valence-electron chi connectivity index (χ3n) is 16.3. The number of anilines is 1. The van der Waals surface area contributed by atoms with Gasteiger partial charge in [0.25, 0.3) is 0 Å². The van der Waals surface area contributed by atoms with Gasteiger partial charge in [-0.3, -0.25) is 9.52 Å². The molecule has 18 nitrogen and oxygen atoms in total. The lowest BCUT2D eigenvalue weighted by Crippen LogP contribution is -2.70. The standard InChI is InChI=1S/C54H88N4O14S/c1-13-43-53(10,62)47(59)38(6)55-32-34(2)30-51(8,61)48(36(4)45(37(5)49(60)70-43)71-44-31-52(9,66-12)54(63,39(7)68-44)33-58-27-21-16-22-28-58)72-50-46(69-41-25-19-15-20-26-41)42(29-35(3)67-50)57(11)73(64,65)56-40-23-17-14-18-24-40/h14-15,17-20,23-26,34-39,42-48,50,55-56,59,61-63H,13,16,21-22,27-33H2,1-12H3/t34-,35+,36+,37-,38-,39+,42-,43-,44+,45+,46+,47-,48-,50-,51-,52-,53-,54+/m1/s1. The fraction of sp³-hybridized carbons (Fsp3) is 0.759. The van der Waals surface area contributed by atoms with Crippen LogP contribution in [0.15, 0.2) is 60.7 Å². The van der Waals surface area contributed by atoms with Gasteiger partial charge in [-0.25, -0.2) is 0 Å². The first-order valence-corrected chi connectivity index (χ1v) is 27.9. The zero-order valence-electron chi connectivity index (χ0n) is 45.3. The van der Waals surface area contributed by atoms with E-state index in [0.29, 0.717) is 24.5 Å². The van der Waals surface area contributed by atoms with Crippen LogP contribution >= 0.6 is 0 Å². The molecule has 6 N–H and O–H groups in total. The smallest absolute Gasteiger partial charge is 0.311 e. The number of carbonyl (C=O) groups excluding carboxylic acids is 1. The zero-order chi connectivity index (χ0) is 53.7. The van der Waals surface area contributed by atoms with Crippen molar-refractivity contribution in [1.82, 2.24) is 14.5 Å². The number of likely N-dealkylation sites (tertiary alicyclic amines) is 1. The fourth-order valence-electron chi connectivity index (χ4n) is 11.7. The molecule has 19 heteroatoms. The second kappa shape index (κ2) is 24.5. The number of methoxy groups -OCH3 is 1.